The molecule has 29 heavy (non-hydrogen) atoms. The van der Waals surface area contributed by atoms with Crippen molar-refractivity contribution in [2.45, 2.75) is 108 Å². The normalized spacial score (nSPS) is 47.6. The fourth-order valence-corrected chi connectivity index (χ4v) is 7.02. The summed E-state index contributed by atoms with van der Waals surface area (Å²) < 4.78 is 18.0. The number of esters is 1. The molecule has 168 valence electrons. The Kier molecular flexibility index (Phi) is 5.19. The van der Waals surface area contributed by atoms with Gasteiger partial charge in [0.25, 0.3) is 0 Å². The van der Waals surface area contributed by atoms with Gasteiger partial charge in [-0.3, -0.25) is 4.79 Å². The second kappa shape index (κ2) is 6.50. The van der Waals surface area contributed by atoms with Gasteiger partial charge in [0, 0.05) is 5.92 Å². The lowest BCUT2D eigenvalue weighted by molar-refractivity contribution is -0.417. The van der Waals surface area contributed by atoms with Crippen LogP contribution >= 0.6 is 0 Å². The first-order valence-electron chi connectivity index (χ1n) is 10.6. The molecule has 7 nitrogen and oxygen atoms in total. The minimum absolute atomic E-state index is 0.137. The zero-order valence-corrected chi connectivity index (χ0v) is 20.0. The van der Waals surface area contributed by atoms with Gasteiger partial charge in [-0.2, -0.15) is 0 Å². The van der Waals surface area contributed by atoms with Crippen molar-refractivity contribution in [3.63, 3.8) is 0 Å². The van der Waals surface area contributed by atoms with E-state index < -0.39 is 54.8 Å². The molecule has 0 aromatic heterocycles. The van der Waals surface area contributed by atoms with Crippen molar-refractivity contribution in [3.05, 3.63) is 0 Å². The fourth-order valence-electron chi connectivity index (χ4n) is 5.67. The highest BCUT2D eigenvalue weighted by Crippen LogP contribution is 2.66. The molecule has 3 fully saturated rings. The summed E-state index contributed by atoms with van der Waals surface area (Å²) in [5.41, 5.74) is -4.60. The Morgan fingerprint density at radius 3 is 2.31 bits per heavy atom. The highest BCUT2D eigenvalue weighted by Gasteiger charge is 2.80. The van der Waals surface area contributed by atoms with Crippen molar-refractivity contribution in [2.75, 3.05) is 7.11 Å². The number of ether oxygens (including phenoxy) is 2. The van der Waals surface area contributed by atoms with Crippen molar-refractivity contribution in [1.82, 2.24) is 0 Å². The van der Waals surface area contributed by atoms with Gasteiger partial charge in [0.2, 0.25) is 0 Å². The van der Waals surface area contributed by atoms with E-state index in [1.807, 2.05) is 0 Å². The molecule has 2 bridgehead atoms. The van der Waals surface area contributed by atoms with Gasteiger partial charge in [-0.25, -0.2) is 0 Å². The topological polar surface area (TPSA) is 105 Å². The van der Waals surface area contributed by atoms with Gasteiger partial charge < -0.3 is 29.2 Å². The van der Waals surface area contributed by atoms with E-state index in [1.54, 1.807) is 13.8 Å². The van der Waals surface area contributed by atoms with Crippen LogP contribution in [0.4, 0.5) is 0 Å². The minimum atomic E-state index is -2.39. The Balaban J connectivity index is 2.23. The molecule has 0 amide bonds. The molecule has 7 atom stereocenters. The standard InChI is InChI=1S/C21H38O7Si/c1-17(2,3)29(7,8)27-15-11-13-12-20(25)18(4,28-19(13,5)24)10-9-14(22)21(15,20)16(23)26-6/h13-15,22,24-25H,9-12H2,1-8H3/t13-,14+,15-,18+,19-,20-,21+/m1/s1. The number of methoxy groups -OCH3 is 1. The van der Waals surface area contributed by atoms with Gasteiger partial charge in [0.05, 0.1) is 24.9 Å². The lowest BCUT2D eigenvalue weighted by atomic mass is 9.45. The van der Waals surface area contributed by atoms with E-state index >= 15 is 0 Å². The molecule has 3 aliphatic rings. The van der Waals surface area contributed by atoms with Crippen LogP contribution in [-0.4, -0.2) is 65.9 Å². The number of aliphatic hydroxyl groups is 3. The van der Waals surface area contributed by atoms with Gasteiger partial charge in [-0.05, 0) is 57.7 Å². The van der Waals surface area contributed by atoms with Crippen LogP contribution < -0.4 is 0 Å². The van der Waals surface area contributed by atoms with E-state index in [-0.39, 0.29) is 17.9 Å². The molecule has 0 unspecified atom stereocenters. The maximum atomic E-state index is 13.3. The van der Waals surface area contributed by atoms with Crippen LogP contribution in [0.25, 0.3) is 0 Å². The molecule has 0 aromatic carbocycles. The number of fused-ring (bicyclic) bond motifs is 1. The molecule has 1 heterocycles. The van der Waals surface area contributed by atoms with E-state index in [1.165, 1.54) is 7.11 Å². The second-order valence-electron chi connectivity index (χ2n) is 11.2. The first-order valence-corrected chi connectivity index (χ1v) is 13.5. The Hall–Kier alpha value is -0.513. The zero-order valence-electron chi connectivity index (χ0n) is 19.0. The van der Waals surface area contributed by atoms with Gasteiger partial charge in [0.15, 0.2) is 14.1 Å². The Bertz CT molecular complexity index is 687. The number of hydrogen-bond donors (Lipinski definition) is 3. The minimum Gasteiger partial charge on any atom is -0.468 e. The highest BCUT2D eigenvalue weighted by molar-refractivity contribution is 6.74. The predicted octanol–water partition coefficient (Wildman–Crippen LogP) is 2.33. The Labute approximate surface area is 174 Å². The molecule has 0 radical (unpaired) electrons. The summed E-state index contributed by atoms with van der Waals surface area (Å²) in [6.07, 6.45) is -0.921. The van der Waals surface area contributed by atoms with Crippen LogP contribution in [0.15, 0.2) is 0 Å². The predicted molar refractivity (Wildman–Crippen MR) is 110 cm³/mol. The Morgan fingerprint density at radius 2 is 1.79 bits per heavy atom. The van der Waals surface area contributed by atoms with Crippen LogP contribution in [-0.2, 0) is 18.7 Å². The number of rotatable bonds is 3. The molecule has 8 heteroatoms. The van der Waals surface area contributed by atoms with E-state index in [2.05, 4.69) is 33.9 Å². The van der Waals surface area contributed by atoms with Crippen molar-refractivity contribution < 1.29 is 34.0 Å². The van der Waals surface area contributed by atoms with Crippen LogP contribution in [0, 0.1) is 11.3 Å². The van der Waals surface area contributed by atoms with E-state index in [0.29, 0.717) is 12.8 Å². The largest absolute Gasteiger partial charge is 0.468 e. The highest BCUT2D eigenvalue weighted by atomic mass is 28.4. The average Bonchev–Trinajstić information content (AvgIpc) is 2.55. The van der Waals surface area contributed by atoms with Crippen molar-refractivity contribution in [3.8, 4) is 0 Å². The van der Waals surface area contributed by atoms with Crippen molar-refractivity contribution in [2.24, 2.45) is 11.3 Å². The number of carbonyl (C=O) groups excluding carboxylic acids is 1. The van der Waals surface area contributed by atoms with Crippen LogP contribution in [0.3, 0.4) is 0 Å². The van der Waals surface area contributed by atoms with Gasteiger partial charge in [0.1, 0.15) is 11.0 Å². The number of hydrogen-bond acceptors (Lipinski definition) is 7. The quantitative estimate of drug-likeness (QED) is 0.466. The maximum Gasteiger partial charge on any atom is 0.320 e. The molecule has 3 rings (SSSR count). The lowest BCUT2D eigenvalue weighted by Crippen LogP contribution is -2.83. The van der Waals surface area contributed by atoms with Crippen molar-refractivity contribution in [1.29, 1.82) is 0 Å². The Morgan fingerprint density at radius 1 is 1.21 bits per heavy atom. The average molecular weight is 431 g/mol. The third-order valence-electron chi connectivity index (χ3n) is 8.48. The smallest absolute Gasteiger partial charge is 0.320 e. The van der Waals surface area contributed by atoms with Gasteiger partial charge >= 0.3 is 5.97 Å². The molecule has 0 spiro atoms. The summed E-state index contributed by atoms with van der Waals surface area (Å²) in [5.74, 6) is -2.57. The third-order valence-corrected chi connectivity index (χ3v) is 13.0. The summed E-state index contributed by atoms with van der Waals surface area (Å²) in [6.45, 7) is 13.8. The molecule has 1 aliphatic heterocycles. The monoisotopic (exact) mass is 430 g/mol. The first-order chi connectivity index (χ1) is 13.0. The van der Waals surface area contributed by atoms with E-state index in [4.69, 9.17) is 13.9 Å². The summed E-state index contributed by atoms with van der Waals surface area (Å²) in [5, 5.41) is 34.2. The molecule has 2 aliphatic carbocycles. The first kappa shape index (κ1) is 23.2. The summed E-state index contributed by atoms with van der Waals surface area (Å²) in [7, 11) is -1.12. The summed E-state index contributed by atoms with van der Waals surface area (Å²) >= 11 is 0. The number of carbonyl (C=O) groups is 1. The lowest BCUT2D eigenvalue weighted by Gasteiger charge is -2.69. The van der Waals surface area contributed by atoms with E-state index in [9.17, 15) is 20.1 Å². The SMILES string of the molecule is COC(=O)[C@]12[C@@H](O)CC[C@]3(C)O[C@@](C)(O)[C@H](C[C@H]1O[Si](C)(C)C(C)(C)C)C[C@]23O. The molecule has 2 saturated carbocycles. The van der Waals surface area contributed by atoms with Crippen LogP contribution in [0.1, 0.15) is 60.3 Å². The van der Waals surface area contributed by atoms with E-state index in [0.717, 1.165) is 0 Å². The zero-order chi connectivity index (χ0) is 22.3. The van der Waals surface area contributed by atoms with Gasteiger partial charge in [-0.15, -0.1) is 0 Å². The molecule has 0 aromatic rings. The molecular weight excluding hydrogens is 392 g/mol. The van der Waals surface area contributed by atoms with Crippen LogP contribution in [0.5, 0.6) is 0 Å². The third kappa shape index (κ3) is 2.90. The maximum absolute atomic E-state index is 13.3. The van der Waals surface area contributed by atoms with Gasteiger partial charge in [-0.1, -0.05) is 20.8 Å². The molecular formula is C21H38O7Si. The second-order valence-corrected chi connectivity index (χ2v) is 15.9. The van der Waals surface area contributed by atoms with Crippen LogP contribution in [0.2, 0.25) is 18.1 Å². The molecule has 1 saturated heterocycles. The number of aliphatic hydroxyl groups excluding tert-OH is 1. The summed E-state index contributed by atoms with van der Waals surface area (Å²) in [6, 6.07) is 0. The fraction of sp³-hybridized carbons (Fsp3) is 0.952. The van der Waals surface area contributed by atoms with Crippen molar-refractivity contribution >= 4 is 14.3 Å². The summed E-state index contributed by atoms with van der Waals surface area (Å²) in [4.78, 5) is 13.3. The molecule has 3 N–H and O–H groups in total.